The molecule has 0 radical (unpaired) electrons. The molecule has 0 saturated carbocycles. The summed E-state index contributed by atoms with van der Waals surface area (Å²) >= 11 is 4.73. The molecule has 0 aromatic heterocycles. The molecule has 1 aliphatic rings. The summed E-state index contributed by atoms with van der Waals surface area (Å²) in [6, 6.07) is 11.5. The third-order valence-corrected chi connectivity index (χ3v) is 6.75. The smallest absolute Gasteiger partial charge is 0.261 e. The van der Waals surface area contributed by atoms with Gasteiger partial charge < -0.3 is 9.64 Å². The molecule has 1 aliphatic heterocycles. The molecule has 3 rings (SSSR count). The van der Waals surface area contributed by atoms with Crippen LogP contribution in [0, 0.1) is 0 Å². The first kappa shape index (κ1) is 20.2. The SMILES string of the molecule is CSc1ccc(S(=O)(=O)Nc2cccc(Br)c2)cc1C(=O)N1CCOCC1. The van der Waals surface area contributed by atoms with Crippen LogP contribution >= 0.6 is 27.7 Å². The van der Waals surface area contributed by atoms with Gasteiger partial charge in [0.05, 0.1) is 23.7 Å². The van der Waals surface area contributed by atoms with Gasteiger partial charge >= 0.3 is 0 Å². The molecule has 0 bridgehead atoms. The Morgan fingerprint density at radius 1 is 1.19 bits per heavy atom. The summed E-state index contributed by atoms with van der Waals surface area (Å²) in [7, 11) is -3.82. The van der Waals surface area contributed by atoms with Crippen LogP contribution in [0.25, 0.3) is 0 Å². The predicted octanol–water partition coefficient (Wildman–Crippen LogP) is 3.44. The summed E-state index contributed by atoms with van der Waals surface area (Å²) < 4.78 is 34.2. The van der Waals surface area contributed by atoms with Crippen molar-refractivity contribution in [1.29, 1.82) is 0 Å². The van der Waals surface area contributed by atoms with E-state index < -0.39 is 10.0 Å². The average molecular weight is 471 g/mol. The third-order valence-electron chi connectivity index (χ3n) is 4.09. The van der Waals surface area contributed by atoms with Crippen LogP contribution < -0.4 is 4.72 Å². The fourth-order valence-electron chi connectivity index (χ4n) is 2.72. The number of hydrogen-bond acceptors (Lipinski definition) is 5. The first-order valence-corrected chi connectivity index (χ1v) is 11.7. The fraction of sp³-hybridized carbons (Fsp3) is 0.278. The van der Waals surface area contributed by atoms with Crippen molar-refractivity contribution in [1.82, 2.24) is 4.90 Å². The summed E-state index contributed by atoms with van der Waals surface area (Å²) in [4.78, 5) is 15.4. The van der Waals surface area contributed by atoms with E-state index >= 15 is 0 Å². The van der Waals surface area contributed by atoms with E-state index in [2.05, 4.69) is 20.7 Å². The topological polar surface area (TPSA) is 75.7 Å². The minimum atomic E-state index is -3.82. The summed E-state index contributed by atoms with van der Waals surface area (Å²) in [6.45, 7) is 1.98. The predicted molar refractivity (Wildman–Crippen MR) is 110 cm³/mol. The van der Waals surface area contributed by atoms with E-state index in [-0.39, 0.29) is 10.8 Å². The molecule has 2 aromatic carbocycles. The van der Waals surface area contributed by atoms with Gasteiger partial charge in [-0.3, -0.25) is 9.52 Å². The Morgan fingerprint density at radius 3 is 2.59 bits per heavy atom. The minimum absolute atomic E-state index is 0.0527. The molecule has 1 heterocycles. The van der Waals surface area contributed by atoms with Crippen molar-refractivity contribution in [2.24, 2.45) is 0 Å². The van der Waals surface area contributed by atoms with Crippen LogP contribution in [0.4, 0.5) is 5.69 Å². The second-order valence-corrected chi connectivity index (χ2v) is 9.33. The normalized spacial score (nSPS) is 14.8. The quantitative estimate of drug-likeness (QED) is 0.677. The van der Waals surface area contributed by atoms with Crippen molar-refractivity contribution >= 4 is 49.3 Å². The van der Waals surface area contributed by atoms with Gasteiger partial charge in [-0.05, 0) is 42.7 Å². The molecule has 1 N–H and O–H groups in total. The lowest BCUT2D eigenvalue weighted by molar-refractivity contribution is 0.0300. The number of carbonyl (C=O) groups excluding carboxylic acids is 1. The molecule has 144 valence electrons. The number of amides is 1. The molecule has 0 unspecified atom stereocenters. The largest absolute Gasteiger partial charge is 0.378 e. The molecule has 0 atom stereocenters. The Hall–Kier alpha value is -1.55. The molecule has 1 fully saturated rings. The van der Waals surface area contributed by atoms with Crippen LogP contribution in [0.1, 0.15) is 10.4 Å². The average Bonchev–Trinajstić information content (AvgIpc) is 2.67. The highest BCUT2D eigenvalue weighted by atomic mass is 79.9. The highest BCUT2D eigenvalue weighted by Gasteiger charge is 2.24. The standard InChI is InChI=1S/C18H19BrN2O4S2/c1-26-17-6-5-15(12-16(17)18(22)21-7-9-25-10-8-21)27(23,24)20-14-4-2-3-13(19)11-14/h2-6,11-12,20H,7-10H2,1H3. The van der Waals surface area contributed by atoms with Crippen molar-refractivity contribution < 1.29 is 17.9 Å². The van der Waals surface area contributed by atoms with Gasteiger partial charge in [0.2, 0.25) is 0 Å². The number of nitrogens with zero attached hydrogens (tertiary/aromatic N) is 1. The van der Waals surface area contributed by atoms with Gasteiger partial charge in [-0.1, -0.05) is 22.0 Å². The summed E-state index contributed by atoms with van der Waals surface area (Å²) in [6.07, 6.45) is 1.86. The first-order valence-electron chi connectivity index (χ1n) is 8.24. The summed E-state index contributed by atoms with van der Waals surface area (Å²) in [5.41, 5.74) is 0.834. The van der Waals surface area contributed by atoms with Crippen molar-refractivity contribution in [3.63, 3.8) is 0 Å². The van der Waals surface area contributed by atoms with E-state index in [1.165, 1.54) is 23.9 Å². The Morgan fingerprint density at radius 2 is 1.93 bits per heavy atom. The van der Waals surface area contributed by atoms with Gasteiger partial charge in [0.1, 0.15) is 0 Å². The van der Waals surface area contributed by atoms with E-state index in [0.29, 0.717) is 37.6 Å². The highest BCUT2D eigenvalue weighted by molar-refractivity contribution is 9.10. The second kappa shape index (κ2) is 8.64. The van der Waals surface area contributed by atoms with Crippen molar-refractivity contribution in [3.05, 3.63) is 52.5 Å². The molecule has 9 heteroatoms. The first-order chi connectivity index (χ1) is 12.9. The molecule has 0 aliphatic carbocycles. The number of anilines is 1. The van der Waals surface area contributed by atoms with Crippen LogP contribution in [0.5, 0.6) is 0 Å². The third kappa shape index (κ3) is 4.84. The molecule has 1 amide bonds. The van der Waals surface area contributed by atoms with Crippen LogP contribution in [0.3, 0.4) is 0 Å². The zero-order valence-corrected chi connectivity index (χ0v) is 17.9. The van der Waals surface area contributed by atoms with Crippen LogP contribution in [-0.2, 0) is 14.8 Å². The van der Waals surface area contributed by atoms with Crippen LogP contribution in [0.15, 0.2) is 56.7 Å². The Balaban J connectivity index is 1.92. The van der Waals surface area contributed by atoms with E-state index in [0.717, 1.165) is 9.37 Å². The van der Waals surface area contributed by atoms with Crippen LogP contribution in [0.2, 0.25) is 0 Å². The number of sulfonamides is 1. The minimum Gasteiger partial charge on any atom is -0.378 e. The highest BCUT2D eigenvalue weighted by Crippen LogP contribution is 2.27. The zero-order valence-electron chi connectivity index (χ0n) is 14.6. The number of nitrogens with one attached hydrogen (secondary N) is 1. The summed E-state index contributed by atoms with van der Waals surface area (Å²) in [5, 5.41) is 0. The maximum atomic E-state index is 12.9. The molecule has 2 aromatic rings. The lowest BCUT2D eigenvalue weighted by atomic mass is 10.2. The lowest BCUT2D eigenvalue weighted by Crippen LogP contribution is -2.40. The molecule has 6 nitrogen and oxygen atoms in total. The van der Waals surface area contributed by atoms with E-state index in [9.17, 15) is 13.2 Å². The summed E-state index contributed by atoms with van der Waals surface area (Å²) in [5.74, 6) is -0.179. The lowest BCUT2D eigenvalue weighted by Gasteiger charge is -2.27. The second-order valence-electron chi connectivity index (χ2n) is 5.88. The number of carbonyl (C=O) groups is 1. The van der Waals surface area contributed by atoms with Gasteiger partial charge in [0, 0.05) is 28.1 Å². The molecular formula is C18H19BrN2O4S2. The van der Waals surface area contributed by atoms with Crippen molar-refractivity contribution in [2.75, 3.05) is 37.3 Å². The van der Waals surface area contributed by atoms with Gasteiger partial charge in [-0.15, -0.1) is 11.8 Å². The number of rotatable bonds is 5. The number of thioether (sulfide) groups is 1. The molecule has 27 heavy (non-hydrogen) atoms. The van der Waals surface area contributed by atoms with E-state index in [1.807, 2.05) is 12.3 Å². The Bertz CT molecular complexity index is 944. The molecule has 1 saturated heterocycles. The van der Waals surface area contributed by atoms with Crippen molar-refractivity contribution in [3.8, 4) is 0 Å². The Labute approximate surface area is 171 Å². The van der Waals surface area contributed by atoms with Gasteiger partial charge in [0.15, 0.2) is 0 Å². The monoisotopic (exact) mass is 470 g/mol. The van der Waals surface area contributed by atoms with Gasteiger partial charge in [-0.25, -0.2) is 8.42 Å². The number of ether oxygens (including phenoxy) is 1. The van der Waals surface area contributed by atoms with Gasteiger partial charge in [-0.2, -0.15) is 0 Å². The van der Waals surface area contributed by atoms with Crippen molar-refractivity contribution in [2.45, 2.75) is 9.79 Å². The molecular weight excluding hydrogens is 452 g/mol. The van der Waals surface area contributed by atoms with Crippen LogP contribution in [-0.4, -0.2) is 51.8 Å². The van der Waals surface area contributed by atoms with Gasteiger partial charge in [0.25, 0.3) is 15.9 Å². The van der Waals surface area contributed by atoms with E-state index in [1.54, 1.807) is 29.2 Å². The van der Waals surface area contributed by atoms with E-state index in [4.69, 9.17) is 4.74 Å². The number of morpholine rings is 1. The zero-order chi connectivity index (χ0) is 19.4. The maximum absolute atomic E-state index is 12.9. The number of hydrogen-bond donors (Lipinski definition) is 1. The fourth-order valence-corrected chi connectivity index (χ4v) is 4.77. The Kier molecular flexibility index (Phi) is 6.46. The number of halogens is 1. The maximum Gasteiger partial charge on any atom is 0.261 e. The number of benzene rings is 2. The molecule has 0 spiro atoms.